The molecule has 0 amide bonds. The van der Waals surface area contributed by atoms with Crippen molar-refractivity contribution in [3.63, 3.8) is 0 Å². The van der Waals surface area contributed by atoms with Gasteiger partial charge in [-0.1, -0.05) is 0 Å². The van der Waals surface area contributed by atoms with Gasteiger partial charge >= 0.3 is 0 Å². The van der Waals surface area contributed by atoms with Gasteiger partial charge in [-0.05, 0) is 19.3 Å². The van der Waals surface area contributed by atoms with E-state index in [2.05, 4.69) is 15.3 Å². The fourth-order valence-electron chi connectivity index (χ4n) is 1.49. The minimum Gasteiger partial charge on any atom is -0.396 e. The molecule has 0 aliphatic heterocycles. The third-order valence-corrected chi connectivity index (χ3v) is 2.46. The fraction of sp³-hybridized carbons (Fsp3) is 0.636. The van der Waals surface area contributed by atoms with Crippen LogP contribution < -0.4 is 10.2 Å². The molecule has 2 N–H and O–H groups in total. The first kappa shape index (κ1) is 13.6. The molecular weight excluding hydrogens is 223 g/mol. The second-order valence-corrected chi connectivity index (χ2v) is 3.82. The summed E-state index contributed by atoms with van der Waals surface area (Å²) < 4.78 is 13.5. The molecule has 0 aromatic carbocycles. The second kappa shape index (κ2) is 7.01. The van der Waals surface area contributed by atoms with E-state index in [9.17, 15) is 4.39 Å². The molecular formula is C11H19FN4O. The van der Waals surface area contributed by atoms with E-state index in [0.29, 0.717) is 18.3 Å². The van der Waals surface area contributed by atoms with Crippen LogP contribution in [0.4, 0.5) is 16.2 Å². The van der Waals surface area contributed by atoms with Gasteiger partial charge in [0, 0.05) is 27.2 Å². The van der Waals surface area contributed by atoms with Crippen LogP contribution in [-0.2, 0) is 0 Å². The average molecular weight is 242 g/mol. The van der Waals surface area contributed by atoms with Gasteiger partial charge in [0.05, 0.1) is 6.20 Å². The summed E-state index contributed by atoms with van der Waals surface area (Å²) in [5.74, 6) is 0.283. The number of hydrogen-bond acceptors (Lipinski definition) is 5. The molecule has 1 heterocycles. The minimum absolute atomic E-state index is 0.204. The van der Waals surface area contributed by atoms with Gasteiger partial charge in [-0.25, -0.2) is 9.37 Å². The monoisotopic (exact) mass is 242 g/mol. The van der Waals surface area contributed by atoms with Crippen molar-refractivity contribution in [1.82, 2.24) is 9.97 Å². The molecule has 1 aromatic heterocycles. The van der Waals surface area contributed by atoms with Gasteiger partial charge in [0.25, 0.3) is 0 Å². The van der Waals surface area contributed by atoms with Crippen molar-refractivity contribution in [1.29, 1.82) is 0 Å². The molecule has 0 aliphatic rings. The Kier molecular flexibility index (Phi) is 5.62. The van der Waals surface area contributed by atoms with Gasteiger partial charge in [-0.15, -0.1) is 0 Å². The summed E-state index contributed by atoms with van der Waals surface area (Å²) in [5.41, 5.74) is 0. The van der Waals surface area contributed by atoms with Crippen molar-refractivity contribution in [2.24, 2.45) is 0 Å². The topological polar surface area (TPSA) is 61.3 Å². The molecule has 5 nitrogen and oxygen atoms in total. The maximum Gasteiger partial charge on any atom is 0.224 e. The lowest BCUT2D eigenvalue weighted by atomic mass is 10.2. The van der Waals surface area contributed by atoms with Gasteiger partial charge in [0.1, 0.15) is 0 Å². The Bertz CT molecular complexity index is 348. The van der Waals surface area contributed by atoms with Gasteiger partial charge < -0.3 is 15.3 Å². The van der Waals surface area contributed by atoms with Gasteiger partial charge in [0.2, 0.25) is 5.95 Å². The van der Waals surface area contributed by atoms with E-state index < -0.39 is 5.82 Å². The highest BCUT2D eigenvalue weighted by atomic mass is 19.1. The molecule has 0 aliphatic carbocycles. The standard InChI is InChI=1S/C11H19FN4O/c1-13-11-14-8-9(12)10(15-11)16(2)6-4-3-5-7-17/h8,17H,3-7H2,1-2H3,(H,13,14,15). The SMILES string of the molecule is CNc1ncc(F)c(N(C)CCCCCO)n1. The Morgan fingerprint density at radius 2 is 2.18 bits per heavy atom. The maximum absolute atomic E-state index is 13.5. The largest absolute Gasteiger partial charge is 0.396 e. The third-order valence-electron chi connectivity index (χ3n) is 2.46. The number of aliphatic hydroxyl groups is 1. The third kappa shape index (κ3) is 4.14. The van der Waals surface area contributed by atoms with Gasteiger partial charge in [0.15, 0.2) is 11.6 Å². The van der Waals surface area contributed by atoms with Crippen LogP contribution in [-0.4, -0.2) is 42.3 Å². The van der Waals surface area contributed by atoms with E-state index >= 15 is 0 Å². The molecule has 1 rings (SSSR count). The van der Waals surface area contributed by atoms with E-state index in [1.165, 1.54) is 6.20 Å². The molecule has 17 heavy (non-hydrogen) atoms. The van der Waals surface area contributed by atoms with Crippen LogP contribution in [0.1, 0.15) is 19.3 Å². The highest BCUT2D eigenvalue weighted by molar-refractivity contribution is 5.42. The van der Waals surface area contributed by atoms with Crippen LogP contribution in [0.3, 0.4) is 0 Å². The van der Waals surface area contributed by atoms with E-state index in [1.807, 2.05) is 0 Å². The lowest BCUT2D eigenvalue weighted by molar-refractivity contribution is 0.283. The number of rotatable bonds is 7. The molecule has 6 heteroatoms. The Balaban J connectivity index is 2.57. The Morgan fingerprint density at radius 1 is 1.41 bits per heavy atom. The van der Waals surface area contributed by atoms with Crippen LogP contribution in [0.5, 0.6) is 0 Å². The maximum atomic E-state index is 13.5. The van der Waals surface area contributed by atoms with Crippen molar-refractivity contribution < 1.29 is 9.50 Å². The number of nitrogens with zero attached hydrogens (tertiary/aromatic N) is 3. The molecule has 0 spiro atoms. The Morgan fingerprint density at radius 3 is 2.82 bits per heavy atom. The number of unbranched alkanes of at least 4 members (excludes halogenated alkanes) is 2. The van der Waals surface area contributed by atoms with Crippen LogP contribution in [0.2, 0.25) is 0 Å². The first-order valence-electron chi connectivity index (χ1n) is 5.71. The first-order valence-corrected chi connectivity index (χ1v) is 5.71. The number of aliphatic hydroxyl groups excluding tert-OH is 1. The summed E-state index contributed by atoms with van der Waals surface area (Å²) in [5, 5.41) is 11.4. The average Bonchev–Trinajstić information content (AvgIpc) is 2.35. The minimum atomic E-state index is -0.423. The molecule has 0 unspecified atom stereocenters. The van der Waals surface area contributed by atoms with E-state index in [4.69, 9.17) is 5.11 Å². The van der Waals surface area contributed by atoms with E-state index in [0.717, 1.165) is 19.3 Å². The Hall–Kier alpha value is -1.43. The van der Waals surface area contributed by atoms with Crippen molar-refractivity contribution >= 4 is 11.8 Å². The second-order valence-electron chi connectivity index (χ2n) is 3.82. The lowest BCUT2D eigenvalue weighted by Gasteiger charge is -2.18. The van der Waals surface area contributed by atoms with Gasteiger partial charge in [-0.2, -0.15) is 4.98 Å². The van der Waals surface area contributed by atoms with Crippen molar-refractivity contribution in [2.75, 3.05) is 37.5 Å². The Labute approximate surface area is 101 Å². The molecule has 0 bridgehead atoms. The summed E-state index contributed by atoms with van der Waals surface area (Å²) in [6, 6.07) is 0. The number of halogens is 1. The molecule has 1 aromatic rings. The zero-order valence-electron chi connectivity index (χ0n) is 10.3. The smallest absolute Gasteiger partial charge is 0.224 e. The number of anilines is 2. The zero-order chi connectivity index (χ0) is 12.7. The predicted molar refractivity (Wildman–Crippen MR) is 65.7 cm³/mol. The highest BCUT2D eigenvalue weighted by Gasteiger charge is 2.10. The van der Waals surface area contributed by atoms with Crippen molar-refractivity contribution in [3.05, 3.63) is 12.0 Å². The fourth-order valence-corrected chi connectivity index (χ4v) is 1.49. The molecule has 0 radical (unpaired) electrons. The van der Waals surface area contributed by atoms with Crippen LogP contribution >= 0.6 is 0 Å². The zero-order valence-corrected chi connectivity index (χ0v) is 10.3. The lowest BCUT2D eigenvalue weighted by Crippen LogP contribution is -2.21. The first-order chi connectivity index (χ1) is 8.19. The molecule has 96 valence electrons. The van der Waals surface area contributed by atoms with Crippen molar-refractivity contribution in [3.8, 4) is 0 Å². The molecule has 0 atom stereocenters. The summed E-state index contributed by atoms with van der Waals surface area (Å²) in [4.78, 5) is 9.62. The van der Waals surface area contributed by atoms with Crippen LogP contribution in [0, 0.1) is 5.82 Å². The molecule has 0 saturated heterocycles. The number of hydrogen-bond donors (Lipinski definition) is 2. The number of nitrogens with one attached hydrogen (secondary N) is 1. The summed E-state index contributed by atoms with van der Waals surface area (Å²) >= 11 is 0. The summed E-state index contributed by atoms with van der Waals surface area (Å²) in [6.45, 7) is 0.909. The predicted octanol–water partition coefficient (Wildman–Crippen LogP) is 1.26. The van der Waals surface area contributed by atoms with Crippen LogP contribution in [0.25, 0.3) is 0 Å². The molecule has 0 fully saturated rings. The molecule has 0 saturated carbocycles. The van der Waals surface area contributed by atoms with Crippen molar-refractivity contribution in [2.45, 2.75) is 19.3 Å². The quantitative estimate of drug-likeness (QED) is 0.705. The van der Waals surface area contributed by atoms with Gasteiger partial charge in [-0.3, -0.25) is 0 Å². The normalized spacial score (nSPS) is 10.4. The highest BCUT2D eigenvalue weighted by Crippen LogP contribution is 2.16. The van der Waals surface area contributed by atoms with Crippen LogP contribution in [0.15, 0.2) is 6.20 Å². The van der Waals surface area contributed by atoms with E-state index in [-0.39, 0.29) is 6.61 Å². The summed E-state index contributed by atoms with van der Waals surface area (Å²) in [7, 11) is 3.49. The van der Waals surface area contributed by atoms with E-state index in [1.54, 1.807) is 19.0 Å². The summed E-state index contributed by atoms with van der Waals surface area (Å²) in [6.07, 6.45) is 3.77. The number of aromatic nitrogens is 2.